The summed E-state index contributed by atoms with van der Waals surface area (Å²) in [6.45, 7) is 13.0. The van der Waals surface area contributed by atoms with Gasteiger partial charge in [-0.25, -0.2) is 0 Å². The summed E-state index contributed by atoms with van der Waals surface area (Å²) in [7, 11) is 0. The topological polar surface area (TPSA) is 124 Å². The molecule has 9 N–H and O–H groups in total. The minimum Gasteiger partial charge on any atom is -0.393 e. The zero-order chi connectivity index (χ0) is 23.2. The van der Waals surface area contributed by atoms with Crippen LogP contribution in [0.1, 0.15) is 74.1 Å². The molecule has 0 spiro atoms. The molecule has 1 aliphatic carbocycles. The summed E-state index contributed by atoms with van der Waals surface area (Å²) in [5.74, 6) is 0.411. The Balaban J connectivity index is -0.0000000892. The van der Waals surface area contributed by atoms with Gasteiger partial charge in [0, 0.05) is 0 Å². The Morgan fingerprint density at radius 1 is 0.800 bits per heavy atom. The molecule has 5 nitrogen and oxygen atoms in total. The van der Waals surface area contributed by atoms with Crippen molar-refractivity contribution in [2.45, 2.75) is 80.3 Å². The van der Waals surface area contributed by atoms with Gasteiger partial charge in [-0.05, 0) is 51.4 Å². The molecule has 0 heterocycles. The zero-order valence-corrected chi connectivity index (χ0v) is 19.9. The fraction of sp³-hybridized carbons (Fsp3) is 0.680. The second-order valence-electron chi connectivity index (χ2n) is 6.02. The van der Waals surface area contributed by atoms with E-state index in [2.05, 4.69) is 13.0 Å². The number of unbranched alkanes of at least 4 members (excludes halogenated alkanes) is 2. The van der Waals surface area contributed by atoms with E-state index in [1.54, 1.807) is 0 Å². The Kier molecular flexibility index (Phi) is 54.9. The molecule has 1 aliphatic rings. The van der Waals surface area contributed by atoms with Crippen LogP contribution >= 0.6 is 0 Å². The van der Waals surface area contributed by atoms with Crippen molar-refractivity contribution in [2.24, 2.45) is 28.9 Å². The smallest absolute Gasteiger partial charge is 0.0580 e. The molecule has 2 atom stereocenters. The van der Waals surface area contributed by atoms with Crippen molar-refractivity contribution in [1.29, 1.82) is 0 Å². The molecular formula is C25H56N4O. The minimum atomic E-state index is -0.149. The highest BCUT2D eigenvalue weighted by atomic mass is 16.3. The largest absolute Gasteiger partial charge is 0.393 e. The maximum absolute atomic E-state index is 9.10. The van der Waals surface area contributed by atoms with E-state index in [0.29, 0.717) is 12.5 Å². The molecular weight excluding hydrogens is 372 g/mol. The Bertz CT molecular complexity index is 329. The number of aliphatic hydroxyl groups is 1. The maximum atomic E-state index is 9.10. The van der Waals surface area contributed by atoms with Crippen LogP contribution in [0.3, 0.4) is 0 Å². The van der Waals surface area contributed by atoms with Gasteiger partial charge < -0.3 is 28.0 Å². The predicted molar refractivity (Wildman–Crippen MR) is 139 cm³/mol. The fourth-order valence-electron chi connectivity index (χ4n) is 1.91. The highest BCUT2D eigenvalue weighted by Gasteiger charge is 2.12. The third-order valence-corrected chi connectivity index (χ3v) is 3.17. The Morgan fingerprint density at radius 3 is 1.40 bits per heavy atom. The maximum Gasteiger partial charge on any atom is 0.0580 e. The molecule has 30 heavy (non-hydrogen) atoms. The average molecular weight is 429 g/mol. The highest BCUT2D eigenvalue weighted by molar-refractivity contribution is 4.99. The lowest BCUT2D eigenvalue weighted by atomic mass is 9.94. The number of hydrogen-bond acceptors (Lipinski definition) is 5. The lowest BCUT2D eigenvalue weighted by Crippen LogP contribution is -2.21. The molecule has 0 bridgehead atoms. The van der Waals surface area contributed by atoms with Crippen molar-refractivity contribution in [1.82, 2.24) is 0 Å². The summed E-state index contributed by atoms with van der Waals surface area (Å²) >= 11 is 0. The van der Waals surface area contributed by atoms with Crippen molar-refractivity contribution in [2.75, 3.05) is 26.2 Å². The quantitative estimate of drug-likeness (QED) is 0.351. The number of rotatable bonds is 4. The summed E-state index contributed by atoms with van der Waals surface area (Å²) in [4.78, 5) is 0. The summed E-state index contributed by atoms with van der Waals surface area (Å²) in [6, 6.07) is 12.0. The zero-order valence-electron chi connectivity index (χ0n) is 19.9. The van der Waals surface area contributed by atoms with Gasteiger partial charge in [-0.1, -0.05) is 103 Å². The lowest BCUT2D eigenvalue weighted by molar-refractivity contribution is 0.148. The van der Waals surface area contributed by atoms with Crippen LogP contribution in [0.2, 0.25) is 0 Å². The van der Waals surface area contributed by atoms with Crippen LogP contribution in [0.15, 0.2) is 48.6 Å². The number of aliphatic hydroxyl groups excluding tert-OH is 1. The van der Waals surface area contributed by atoms with Crippen LogP contribution in [0.4, 0.5) is 0 Å². The van der Waals surface area contributed by atoms with Gasteiger partial charge in [0.25, 0.3) is 0 Å². The van der Waals surface area contributed by atoms with Crippen molar-refractivity contribution < 1.29 is 5.11 Å². The van der Waals surface area contributed by atoms with Crippen LogP contribution < -0.4 is 22.9 Å². The van der Waals surface area contributed by atoms with E-state index < -0.39 is 0 Å². The summed E-state index contributed by atoms with van der Waals surface area (Å²) < 4.78 is 0. The SMILES string of the molecule is C.CC.CCCCCN.CCN.CCN.NCC1C=CCC(O)C1.c1ccccc1. The highest BCUT2D eigenvalue weighted by Crippen LogP contribution is 2.15. The second-order valence-corrected chi connectivity index (χ2v) is 6.02. The standard InChI is InChI=1S/C7H13NO.C6H6.C5H13N.2C2H7N.C2H6.CH4/c8-5-6-2-1-3-7(9)4-6;1-2-4-6-5-3-1;1-2-3-4-5-6;2*1-2-3;1-2;/h1-2,6-7,9H,3-5,8H2;1-6H;2-6H2,1H3;2*2-3H2,1H3;1-2H3;1H4. The van der Waals surface area contributed by atoms with E-state index in [-0.39, 0.29) is 13.5 Å². The number of benzene rings is 1. The molecule has 0 aromatic heterocycles. The first-order chi connectivity index (χ1) is 14.1. The molecule has 1 aromatic rings. The summed E-state index contributed by atoms with van der Waals surface area (Å²) in [5, 5.41) is 9.10. The summed E-state index contributed by atoms with van der Waals surface area (Å²) in [5.41, 5.74) is 20.3. The molecule has 0 saturated heterocycles. The van der Waals surface area contributed by atoms with Crippen LogP contribution in [0, 0.1) is 5.92 Å². The van der Waals surface area contributed by atoms with Crippen LogP contribution in [-0.2, 0) is 0 Å². The van der Waals surface area contributed by atoms with Crippen LogP contribution in [-0.4, -0.2) is 37.4 Å². The molecule has 0 fully saturated rings. The monoisotopic (exact) mass is 428 g/mol. The summed E-state index contributed by atoms with van der Waals surface area (Å²) in [6.07, 6.45) is 9.34. The molecule has 2 rings (SSSR count). The molecule has 1 aromatic carbocycles. The third-order valence-electron chi connectivity index (χ3n) is 3.17. The molecule has 0 radical (unpaired) electrons. The van der Waals surface area contributed by atoms with Gasteiger partial charge in [-0.3, -0.25) is 0 Å². The van der Waals surface area contributed by atoms with Gasteiger partial charge in [0.1, 0.15) is 0 Å². The van der Waals surface area contributed by atoms with Crippen molar-refractivity contribution in [3.05, 3.63) is 48.6 Å². The first-order valence-corrected chi connectivity index (χ1v) is 11.2. The third kappa shape index (κ3) is 45.5. The van der Waals surface area contributed by atoms with Gasteiger partial charge in [0.15, 0.2) is 0 Å². The second kappa shape index (κ2) is 42.0. The Hall–Kier alpha value is -1.24. The first-order valence-electron chi connectivity index (χ1n) is 11.2. The number of nitrogens with two attached hydrogens (primary N) is 4. The van der Waals surface area contributed by atoms with E-state index in [9.17, 15) is 0 Å². The van der Waals surface area contributed by atoms with E-state index in [1.807, 2.05) is 70.2 Å². The van der Waals surface area contributed by atoms with Crippen molar-refractivity contribution >= 4 is 0 Å². The molecule has 0 amide bonds. The van der Waals surface area contributed by atoms with Crippen molar-refractivity contribution in [3.8, 4) is 0 Å². The van der Waals surface area contributed by atoms with Gasteiger partial charge in [0.05, 0.1) is 6.10 Å². The minimum absolute atomic E-state index is 0. The van der Waals surface area contributed by atoms with E-state index >= 15 is 0 Å². The van der Waals surface area contributed by atoms with Gasteiger partial charge in [-0.2, -0.15) is 0 Å². The van der Waals surface area contributed by atoms with E-state index in [4.69, 9.17) is 28.0 Å². The molecule has 0 saturated carbocycles. The predicted octanol–water partition coefficient (Wildman–Crippen LogP) is 4.69. The Labute approximate surface area is 189 Å². The molecule has 182 valence electrons. The van der Waals surface area contributed by atoms with Crippen LogP contribution in [0.25, 0.3) is 0 Å². The van der Waals surface area contributed by atoms with Crippen molar-refractivity contribution in [3.63, 3.8) is 0 Å². The Morgan fingerprint density at radius 2 is 1.20 bits per heavy atom. The van der Waals surface area contributed by atoms with Gasteiger partial charge >= 0.3 is 0 Å². The van der Waals surface area contributed by atoms with E-state index in [0.717, 1.165) is 32.5 Å². The van der Waals surface area contributed by atoms with Gasteiger partial charge in [-0.15, -0.1) is 0 Å². The molecule has 2 unspecified atom stereocenters. The number of hydrogen-bond donors (Lipinski definition) is 5. The first kappa shape index (κ1) is 39.3. The normalized spacial score (nSPS) is 15.3. The van der Waals surface area contributed by atoms with Crippen LogP contribution in [0.5, 0.6) is 0 Å². The van der Waals surface area contributed by atoms with Gasteiger partial charge in [0.2, 0.25) is 0 Å². The lowest BCUT2D eigenvalue weighted by Gasteiger charge is -2.18. The molecule has 5 heteroatoms. The van der Waals surface area contributed by atoms with E-state index in [1.165, 1.54) is 19.3 Å². The fourth-order valence-corrected chi connectivity index (χ4v) is 1.91. The average Bonchev–Trinajstić information content (AvgIpc) is 2.77. The molecule has 0 aliphatic heterocycles.